The molecule has 0 saturated carbocycles. The van der Waals surface area contributed by atoms with E-state index in [0.717, 1.165) is 33.5 Å². The molecule has 39 heavy (non-hydrogen) atoms. The SMILES string of the molecule is C.c1ccc(-c2cc(-c3ccccc3)nc(-n3c4ccccc4c4c5c(ccc43)sc3ccccc35)n2)cc1. The van der Waals surface area contributed by atoms with Crippen molar-refractivity contribution in [1.29, 1.82) is 0 Å². The zero-order valence-corrected chi connectivity index (χ0v) is 21.2. The second-order valence-electron chi connectivity index (χ2n) is 9.45. The van der Waals surface area contributed by atoms with Gasteiger partial charge in [-0.15, -0.1) is 11.3 Å². The number of aromatic nitrogens is 3. The molecule has 0 bridgehead atoms. The van der Waals surface area contributed by atoms with E-state index >= 15 is 0 Å². The molecule has 0 atom stereocenters. The highest BCUT2D eigenvalue weighted by atomic mass is 32.1. The molecule has 0 aliphatic heterocycles. The van der Waals surface area contributed by atoms with Gasteiger partial charge in [-0.05, 0) is 30.3 Å². The van der Waals surface area contributed by atoms with E-state index in [9.17, 15) is 0 Å². The molecule has 0 radical (unpaired) electrons. The van der Waals surface area contributed by atoms with Crippen LogP contribution in [0.15, 0.2) is 127 Å². The zero-order valence-electron chi connectivity index (χ0n) is 20.4. The van der Waals surface area contributed by atoms with E-state index in [1.54, 1.807) is 0 Å². The summed E-state index contributed by atoms with van der Waals surface area (Å²) in [6.07, 6.45) is 0. The minimum atomic E-state index is 0. The van der Waals surface area contributed by atoms with Crippen LogP contribution in [0.3, 0.4) is 0 Å². The van der Waals surface area contributed by atoms with Crippen LogP contribution in [0.25, 0.3) is 70.4 Å². The summed E-state index contributed by atoms with van der Waals surface area (Å²) in [6.45, 7) is 0. The number of para-hydroxylation sites is 1. The minimum absolute atomic E-state index is 0. The molecule has 8 rings (SSSR count). The highest BCUT2D eigenvalue weighted by Crippen LogP contribution is 2.43. The highest BCUT2D eigenvalue weighted by Gasteiger charge is 2.20. The quantitative estimate of drug-likeness (QED) is 0.232. The number of rotatable bonds is 3. The van der Waals surface area contributed by atoms with Gasteiger partial charge < -0.3 is 0 Å². The van der Waals surface area contributed by atoms with Crippen molar-refractivity contribution in [3.8, 4) is 28.5 Å². The Bertz CT molecular complexity index is 2070. The molecule has 5 aromatic carbocycles. The van der Waals surface area contributed by atoms with Crippen molar-refractivity contribution in [3.05, 3.63) is 127 Å². The fourth-order valence-corrected chi connectivity index (χ4v) is 6.65. The predicted molar refractivity (Wildman–Crippen MR) is 167 cm³/mol. The van der Waals surface area contributed by atoms with Crippen molar-refractivity contribution in [2.75, 3.05) is 0 Å². The number of hydrogen-bond donors (Lipinski definition) is 0. The molecule has 0 saturated heterocycles. The molecule has 186 valence electrons. The maximum Gasteiger partial charge on any atom is 0.235 e. The van der Waals surface area contributed by atoms with Crippen LogP contribution >= 0.6 is 11.3 Å². The Balaban J connectivity index is 0.00000253. The molecule has 0 amide bonds. The summed E-state index contributed by atoms with van der Waals surface area (Å²) >= 11 is 1.85. The second-order valence-corrected chi connectivity index (χ2v) is 10.5. The van der Waals surface area contributed by atoms with E-state index in [1.807, 2.05) is 23.5 Å². The van der Waals surface area contributed by atoms with Gasteiger partial charge in [0.1, 0.15) is 0 Å². The van der Waals surface area contributed by atoms with Gasteiger partial charge in [-0.1, -0.05) is 104 Å². The van der Waals surface area contributed by atoms with Crippen LogP contribution in [0.5, 0.6) is 0 Å². The summed E-state index contributed by atoms with van der Waals surface area (Å²) in [5.41, 5.74) is 6.17. The Hall–Kier alpha value is -4.80. The average Bonchev–Trinajstić information content (AvgIpc) is 3.53. The van der Waals surface area contributed by atoms with Gasteiger partial charge in [0, 0.05) is 42.1 Å². The fraction of sp³-hybridized carbons (Fsp3) is 0.0286. The van der Waals surface area contributed by atoms with Crippen LogP contribution in [0.2, 0.25) is 0 Å². The Kier molecular flexibility index (Phi) is 5.50. The maximum atomic E-state index is 5.16. The predicted octanol–water partition coefficient (Wildman–Crippen LogP) is 9.91. The Morgan fingerprint density at radius 2 is 1.08 bits per heavy atom. The monoisotopic (exact) mass is 519 g/mol. The van der Waals surface area contributed by atoms with Gasteiger partial charge in [0.05, 0.1) is 22.4 Å². The Morgan fingerprint density at radius 3 is 1.77 bits per heavy atom. The van der Waals surface area contributed by atoms with Crippen molar-refractivity contribution in [2.24, 2.45) is 0 Å². The largest absolute Gasteiger partial charge is 0.278 e. The Morgan fingerprint density at radius 1 is 0.487 bits per heavy atom. The lowest BCUT2D eigenvalue weighted by Gasteiger charge is -2.11. The van der Waals surface area contributed by atoms with Crippen molar-refractivity contribution in [3.63, 3.8) is 0 Å². The highest BCUT2D eigenvalue weighted by molar-refractivity contribution is 7.26. The normalized spacial score (nSPS) is 11.4. The van der Waals surface area contributed by atoms with Crippen LogP contribution in [-0.4, -0.2) is 14.5 Å². The van der Waals surface area contributed by atoms with Gasteiger partial charge >= 0.3 is 0 Å². The van der Waals surface area contributed by atoms with Crippen LogP contribution in [0, 0.1) is 0 Å². The van der Waals surface area contributed by atoms with Crippen LogP contribution in [-0.2, 0) is 0 Å². The minimum Gasteiger partial charge on any atom is -0.278 e. The topological polar surface area (TPSA) is 30.7 Å². The molecule has 0 fully saturated rings. The number of fused-ring (bicyclic) bond motifs is 7. The molecule has 0 unspecified atom stereocenters. The summed E-state index contributed by atoms with van der Waals surface area (Å²) < 4.78 is 4.83. The van der Waals surface area contributed by atoms with Crippen LogP contribution in [0.1, 0.15) is 7.43 Å². The third-order valence-electron chi connectivity index (χ3n) is 7.23. The van der Waals surface area contributed by atoms with E-state index in [0.29, 0.717) is 5.95 Å². The molecule has 4 heteroatoms. The van der Waals surface area contributed by atoms with Gasteiger partial charge in [0.15, 0.2) is 0 Å². The van der Waals surface area contributed by atoms with E-state index in [4.69, 9.17) is 9.97 Å². The standard InChI is InChI=1S/C34H21N3S.CH4/c1-3-11-22(12-4-1)26-21-27(23-13-5-2-6-14-23)36-34(35-26)37-28-17-9-7-15-24(28)32-29(37)19-20-31-33(32)25-16-8-10-18-30(25)38-31;/h1-21H;1H4. The third-order valence-corrected chi connectivity index (χ3v) is 8.37. The van der Waals surface area contributed by atoms with Crippen molar-refractivity contribution < 1.29 is 0 Å². The smallest absolute Gasteiger partial charge is 0.235 e. The lowest BCUT2D eigenvalue weighted by atomic mass is 10.1. The van der Waals surface area contributed by atoms with Crippen LogP contribution < -0.4 is 0 Å². The molecular formula is C35H25N3S. The van der Waals surface area contributed by atoms with Crippen molar-refractivity contribution in [1.82, 2.24) is 14.5 Å². The molecule has 0 N–H and O–H groups in total. The first-order valence-electron chi connectivity index (χ1n) is 12.7. The number of nitrogens with zero attached hydrogens (tertiary/aromatic N) is 3. The second kappa shape index (κ2) is 9.19. The van der Waals surface area contributed by atoms with Crippen molar-refractivity contribution in [2.45, 2.75) is 7.43 Å². The lowest BCUT2D eigenvalue weighted by Crippen LogP contribution is -2.03. The van der Waals surface area contributed by atoms with Gasteiger partial charge in [-0.25, -0.2) is 9.97 Å². The zero-order chi connectivity index (χ0) is 25.1. The van der Waals surface area contributed by atoms with E-state index in [2.05, 4.69) is 120 Å². The summed E-state index contributed by atoms with van der Waals surface area (Å²) in [5.74, 6) is 0.676. The molecule has 0 spiro atoms. The Labute approximate surface area is 230 Å². The van der Waals surface area contributed by atoms with E-state index < -0.39 is 0 Å². The van der Waals surface area contributed by atoms with Crippen molar-refractivity contribution >= 4 is 53.3 Å². The third kappa shape index (κ3) is 3.64. The summed E-state index contributed by atoms with van der Waals surface area (Å²) in [5, 5.41) is 5.07. The summed E-state index contributed by atoms with van der Waals surface area (Å²) in [6, 6.07) is 44.6. The molecule has 8 aromatic rings. The summed E-state index contributed by atoms with van der Waals surface area (Å²) in [4.78, 5) is 10.3. The molecular weight excluding hydrogens is 494 g/mol. The first-order valence-corrected chi connectivity index (χ1v) is 13.5. The van der Waals surface area contributed by atoms with E-state index in [1.165, 1.54) is 30.9 Å². The number of hydrogen-bond acceptors (Lipinski definition) is 3. The average molecular weight is 520 g/mol. The van der Waals surface area contributed by atoms with Gasteiger partial charge in [-0.3, -0.25) is 4.57 Å². The van der Waals surface area contributed by atoms with Gasteiger partial charge in [-0.2, -0.15) is 0 Å². The first kappa shape index (κ1) is 23.3. The van der Waals surface area contributed by atoms with Gasteiger partial charge in [0.2, 0.25) is 5.95 Å². The molecule has 0 aliphatic rings. The molecule has 0 aliphatic carbocycles. The summed E-state index contributed by atoms with van der Waals surface area (Å²) in [7, 11) is 0. The molecule has 3 nitrogen and oxygen atoms in total. The number of thiophene rings is 1. The first-order chi connectivity index (χ1) is 18.8. The number of benzene rings is 5. The molecule has 3 heterocycles. The van der Waals surface area contributed by atoms with Gasteiger partial charge in [0.25, 0.3) is 0 Å². The fourth-order valence-electron chi connectivity index (χ4n) is 5.54. The van der Waals surface area contributed by atoms with E-state index in [-0.39, 0.29) is 7.43 Å². The lowest BCUT2D eigenvalue weighted by molar-refractivity contribution is 0.996. The van der Waals surface area contributed by atoms with Crippen LogP contribution in [0.4, 0.5) is 0 Å². The molecule has 3 aromatic heterocycles. The maximum absolute atomic E-state index is 5.16.